The number of piperidine rings is 1. The van der Waals surface area contributed by atoms with Crippen molar-refractivity contribution in [2.24, 2.45) is 0 Å². The minimum Gasteiger partial charge on any atom is -0.497 e. The van der Waals surface area contributed by atoms with Gasteiger partial charge < -0.3 is 10.1 Å². The van der Waals surface area contributed by atoms with Crippen molar-refractivity contribution < 1.29 is 14.3 Å². The number of aromatic nitrogens is 3. The van der Waals surface area contributed by atoms with Crippen molar-refractivity contribution in [1.82, 2.24) is 30.3 Å². The topological polar surface area (TPSA) is 101 Å². The lowest BCUT2D eigenvalue weighted by Crippen LogP contribution is -2.43. The Kier molecular flexibility index (Phi) is 7.54. The Morgan fingerprint density at radius 2 is 1.79 bits per heavy atom. The van der Waals surface area contributed by atoms with Crippen molar-refractivity contribution in [2.75, 3.05) is 20.2 Å². The summed E-state index contributed by atoms with van der Waals surface area (Å²) in [5, 5.41) is 14.3. The van der Waals surface area contributed by atoms with E-state index in [1.54, 1.807) is 14.0 Å². The number of amides is 3. The lowest BCUT2D eigenvalue weighted by Gasteiger charge is -2.32. The summed E-state index contributed by atoms with van der Waals surface area (Å²) in [5.41, 5.74) is 0.904. The lowest BCUT2D eigenvalue weighted by molar-refractivity contribution is -0.119. The molecule has 4 rings (SSSR count). The largest absolute Gasteiger partial charge is 0.497 e. The maximum absolute atomic E-state index is 12.6. The number of nitrogens with zero attached hydrogens (tertiary/aromatic N) is 4. The van der Waals surface area contributed by atoms with E-state index in [0.717, 1.165) is 43.2 Å². The second-order valence-electron chi connectivity index (χ2n) is 8.64. The van der Waals surface area contributed by atoms with E-state index in [9.17, 15) is 9.59 Å². The Hall–Kier alpha value is -2.59. The SMILES string of the molecule is COc1ccc(-n2c(S[C@H](C)C(=O)NC(=O)NC3CC3)nnc2[C@@H](C)N2CCCCC2)cc1. The molecule has 2 N–H and O–H groups in total. The van der Waals surface area contributed by atoms with E-state index in [0.29, 0.717) is 5.16 Å². The fourth-order valence-corrected chi connectivity index (χ4v) is 4.82. The Balaban J connectivity index is 1.56. The number of carbonyl (C=O) groups is 2. The number of carbonyl (C=O) groups excluding carboxylic acids is 2. The smallest absolute Gasteiger partial charge is 0.321 e. The van der Waals surface area contributed by atoms with Crippen LogP contribution in [-0.2, 0) is 4.79 Å². The van der Waals surface area contributed by atoms with Gasteiger partial charge in [-0.15, -0.1) is 10.2 Å². The Labute approximate surface area is 198 Å². The molecular formula is C23H32N6O3S. The first-order chi connectivity index (χ1) is 16.0. The molecule has 1 saturated heterocycles. The highest BCUT2D eigenvalue weighted by atomic mass is 32.2. The number of methoxy groups -OCH3 is 1. The van der Waals surface area contributed by atoms with Crippen molar-refractivity contribution in [3.8, 4) is 11.4 Å². The molecule has 10 heteroatoms. The van der Waals surface area contributed by atoms with E-state index in [2.05, 4.69) is 32.7 Å². The highest BCUT2D eigenvalue weighted by Gasteiger charge is 2.29. The number of nitrogens with one attached hydrogen (secondary N) is 2. The minimum atomic E-state index is -0.519. The number of thioether (sulfide) groups is 1. The lowest BCUT2D eigenvalue weighted by atomic mass is 10.1. The zero-order chi connectivity index (χ0) is 23.4. The third-order valence-electron chi connectivity index (χ3n) is 6.10. The summed E-state index contributed by atoms with van der Waals surface area (Å²) >= 11 is 1.29. The minimum absolute atomic E-state index is 0.0858. The summed E-state index contributed by atoms with van der Waals surface area (Å²) in [4.78, 5) is 27.0. The van der Waals surface area contributed by atoms with Gasteiger partial charge in [-0.3, -0.25) is 19.6 Å². The van der Waals surface area contributed by atoms with Crippen molar-refractivity contribution in [3.05, 3.63) is 30.1 Å². The van der Waals surface area contributed by atoms with Gasteiger partial charge in [0, 0.05) is 11.7 Å². The van der Waals surface area contributed by atoms with Crippen molar-refractivity contribution in [3.63, 3.8) is 0 Å². The number of imide groups is 1. The van der Waals surface area contributed by atoms with Gasteiger partial charge in [-0.2, -0.15) is 0 Å². The van der Waals surface area contributed by atoms with Crippen LogP contribution in [0.4, 0.5) is 4.79 Å². The van der Waals surface area contributed by atoms with Gasteiger partial charge >= 0.3 is 6.03 Å². The maximum atomic E-state index is 12.6. The molecule has 2 aliphatic rings. The molecule has 9 nitrogen and oxygen atoms in total. The predicted molar refractivity (Wildman–Crippen MR) is 127 cm³/mol. The molecule has 0 bridgehead atoms. The average molecular weight is 473 g/mol. The highest BCUT2D eigenvalue weighted by molar-refractivity contribution is 8.00. The maximum Gasteiger partial charge on any atom is 0.321 e. The Morgan fingerprint density at radius 3 is 2.42 bits per heavy atom. The molecule has 3 amide bonds. The Bertz CT molecular complexity index is 969. The van der Waals surface area contributed by atoms with Gasteiger partial charge in [-0.05, 0) is 76.9 Å². The highest BCUT2D eigenvalue weighted by Crippen LogP contribution is 2.31. The predicted octanol–water partition coefficient (Wildman–Crippen LogP) is 3.29. The monoisotopic (exact) mass is 472 g/mol. The first-order valence-electron chi connectivity index (χ1n) is 11.6. The number of hydrogen-bond donors (Lipinski definition) is 2. The standard InChI is InChI=1S/C23H32N6O3S/c1-15(28-13-5-4-6-14-28)20-26-27-23(29(20)18-9-11-19(32-3)12-10-18)33-16(2)21(30)25-22(31)24-17-7-8-17/h9-12,15-17H,4-8,13-14H2,1-3H3,(H2,24,25,30,31)/t15-,16-/m1/s1. The van der Waals surface area contributed by atoms with Gasteiger partial charge in [0.25, 0.3) is 0 Å². The molecule has 1 aromatic carbocycles. The Morgan fingerprint density at radius 1 is 1.09 bits per heavy atom. The molecule has 2 aromatic rings. The molecule has 0 unspecified atom stereocenters. The molecule has 178 valence electrons. The van der Waals surface area contributed by atoms with Crippen LogP contribution in [-0.4, -0.2) is 63.1 Å². The van der Waals surface area contributed by atoms with Crippen LogP contribution in [0.25, 0.3) is 5.69 Å². The van der Waals surface area contributed by atoms with Crippen LogP contribution in [0.1, 0.15) is 57.8 Å². The van der Waals surface area contributed by atoms with Crippen LogP contribution in [0.3, 0.4) is 0 Å². The van der Waals surface area contributed by atoms with E-state index < -0.39 is 11.3 Å². The number of ether oxygens (including phenoxy) is 1. The van der Waals surface area contributed by atoms with Crippen LogP contribution < -0.4 is 15.4 Å². The summed E-state index contributed by atoms with van der Waals surface area (Å²) in [6.07, 6.45) is 5.56. The van der Waals surface area contributed by atoms with Gasteiger partial charge in [0.15, 0.2) is 11.0 Å². The van der Waals surface area contributed by atoms with E-state index >= 15 is 0 Å². The summed E-state index contributed by atoms with van der Waals surface area (Å²) in [7, 11) is 1.64. The van der Waals surface area contributed by atoms with Crippen LogP contribution in [0.2, 0.25) is 0 Å². The van der Waals surface area contributed by atoms with Gasteiger partial charge in [0.2, 0.25) is 5.91 Å². The third kappa shape index (κ3) is 5.86. The fourth-order valence-electron chi connectivity index (χ4n) is 3.95. The van der Waals surface area contributed by atoms with Gasteiger partial charge in [-0.25, -0.2) is 4.79 Å². The number of benzene rings is 1. The molecule has 2 heterocycles. The third-order valence-corrected chi connectivity index (χ3v) is 7.14. The van der Waals surface area contributed by atoms with Gasteiger partial charge in [0.1, 0.15) is 5.75 Å². The second kappa shape index (κ2) is 10.6. The molecule has 1 saturated carbocycles. The summed E-state index contributed by atoms with van der Waals surface area (Å²) in [6.45, 7) is 6.00. The molecular weight excluding hydrogens is 440 g/mol. The van der Waals surface area contributed by atoms with Crippen molar-refractivity contribution in [2.45, 2.75) is 68.4 Å². The average Bonchev–Trinajstić information content (AvgIpc) is 3.55. The van der Waals surface area contributed by atoms with Gasteiger partial charge in [0.05, 0.1) is 18.4 Å². The van der Waals surface area contributed by atoms with E-state index in [1.165, 1.54) is 31.0 Å². The first-order valence-corrected chi connectivity index (χ1v) is 12.5. The first kappa shape index (κ1) is 23.6. The number of likely N-dealkylation sites (tertiary alicyclic amines) is 1. The van der Waals surface area contributed by atoms with Crippen molar-refractivity contribution >= 4 is 23.7 Å². The molecule has 2 atom stereocenters. The molecule has 33 heavy (non-hydrogen) atoms. The van der Waals surface area contributed by atoms with Crippen LogP contribution in [0.5, 0.6) is 5.75 Å². The molecule has 2 fully saturated rings. The molecule has 0 radical (unpaired) electrons. The molecule has 1 aliphatic heterocycles. The van der Waals surface area contributed by atoms with Gasteiger partial charge in [-0.1, -0.05) is 18.2 Å². The quantitative estimate of drug-likeness (QED) is 0.569. The number of urea groups is 1. The number of hydrogen-bond acceptors (Lipinski definition) is 7. The summed E-state index contributed by atoms with van der Waals surface area (Å²) in [6, 6.07) is 7.57. The summed E-state index contributed by atoms with van der Waals surface area (Å²) < 4.78 is 7.32. The van der Waals surface area contributed by atoms with E-state index in [4.69, 9.17) is 4.74 Å². The summed E-state index contributed by atoms with van der Waals surface area (Å²) in [5.74, 6) is 1.25. The zero-order valence-electron chi connectivity index (χ0n) is 19.4. The van der Waals surface area contributed by atoms with Crippen LogP contribution in [0, 0.1) is 0 Å². The number of rotatable bonds is 8. The zero-order valence-corrected chi connectivity index (χ0v) is 20.2. The molecule has 1 aliphatic carbocycles. The van der Waals surface area contributed by atoms with Crippen molar-refractivity contribution in [1.29, 1.82) is 0 Å². The van der Waals surface area contributed by atoms with Crippen LogP contribution in [0.15, 0.2) is 29.4 Å². The fraction of sp³-hybridized carbons (Fsp3) is 0.565. The molecule has 1 aromatic heterocycles. The second-order valence-corrected chi connectivity index (χ2v) is 9.95. The normalized spacial score (nSPS) is 18.4. The van der Waals surface area contributed by atoms with E-state index in [-0.39, 0.29) is 18.0 Å². The van der Waals surface area contributed by atoms with E-state index in [1.807, 2.05) is 28.8 Å². The molecule has 0 spiro atoms. The van der Waals surface area contributed by atoms with Crippen LogP contribution >= 0.6 is 11.8 Å².